The summed E-state index contributed by atoms with van der Waals surface area (Å²) in [5, 5.41) is 0. The molecule has 0 amide bonds. The second kappa shape index (κ2) is 5.21. The van der Waals surface area contributed by atoms with Crippen molar-refractivity contribution in [2.24, 2.45) is 0 Å². The molecular weight excluding hydrogens is 279 g/mol. The number of carbonyl (C=O) groups excluding carboxylic acids is 2. The standard InChI is InChI=1S/C11H10BrFO3/c1-3-16-11(15)10(14)8-5-7(12)4-6(2)9(8)13/h4-5H,3H2,1-2H3. The van der Waals surface area contributed by atoms with Gasteiger partial charge in [0.1, 0.15) is 5.82 Å². The van der Waals surface area contributed by atoms with Gasteiger partial charge in [-0.1, -0.05) is 15.9 Å². The van der Waals surface area contributed by atoms with Crippen molar-refractivity contribution in [1.29, 1.82) is 0 Å². The first-order valence-electron chi connectivity index (χ1n) is 4.64. The highest BCUT2D eigenvalue weighted by molar-refractivity contribution is 9.10. The van der Waals surface area contributed by atoms with E-state index in [-0.39, 0.29) is 12.2 Å². The van der Waals surface area contributed by atoms with Crippen LogP contribution in [0.25, 0.3) is 0 Å². The van der Waals surface area contributed by atoms with Crippen LogP contribution >= 0.6 is 15.9 Å². The molecule has 0 aliphatic rings. The van der Waals surface area contributed by atoms with Crippen LogP contribution in [0.5, 0.6) is 0 Å². The summed E-state index contributed by atoms with van der Waals surface area (Å²) in [7, 11) is 0. The molecule has 0 aromatic heterocycles. The molecule has 5 heteroatoms. The number of rotatable bonds is 3. The zero-order chi connectivity index (χ0) is 12.3. The van der Waals surface area contributed by atoms with Gasteiger partial charge in [0.05, 0.1) is 12.2 Å². The first kappa shape index (κ1) is 12.8. The molecule has 0 saturated heterocycles. The predicted molar refractivity (Wildman–Crippen MR) is 59.8 cm³/mol. The maximum absolute atomic E-state index is 13.6. The first-order chi connectivity index (χ1) is 7.47. The van der Waals surface area contributed by atoms with Crippen molar-refractivity contribution in [2.45, 2.75) is 13.8 Å². The molecule has 3 nitrogen and oxygen atoms in total. The van der Waals surface area contributed by atoms with E-state index in [2.05, 4.69) is 20.7 Å². The molecule has 86 valence electrons. The summed E-state index contributed by atoms with van der Waals surface area (Å²) in [5.41, 5.74) is 0.0207. The zero-order valence-electron chi connectivity index (χ0n) is 8.84. The van der Waals surface area contributed by atoms with Crippen LogP contribution in [0.1, 0.15) is 22.8 Å². The quantitative estimate of drug-likeness (QED) is 0.488. The van der Waals surface area contributed by atoms with Gasteiger partial charge in [0.15, 0.2) is 0 Å². The number of aryl methyl sites for hydroxylation is 1. The highest BCUT2D eigenvalue weighted by Gasteiger charge is 2.22. The predicted octanol–water partition coefficient (Wildman–Crippen LogP) is 2.64. The van der Waals surface area contributed by atoms with Crippen molar-refractivity contribution in [1.82, 2.24) is 0 Å². The largest absolute Gasteiger partial charge is 0.460 e. The number of hydrogen-bond donors (Lipinski definition) is 0. The molecule has 16 heavy (non-hydrogen) atoms. The zero-order valence-corrected chi connectivity index (χ0v) is 10.4. The van der Waals surface area contributed by atoms with E-state index in [1.165, 1.54) is 19.1 Å². The smallest absolute Gasteiger partial charge is 0.379 e. The van der Waals surface area contributed by atoms with Gasteiger partial charge in [-0.25, -0.2) is 9.18 Å². The van der Waals surface area contributed by atoms with Crippen LogP contribution in [-0.2, 0) is 9.53 Å². The summed E-state index contributed by atoms with van der Waals surface area (Å²) in [4.78, 5) is 22.7. The van der Waals surface area contributed by atoms with Crippen molar-refractivity contribution in [2.75, 3.05) is 6.61 Å². The lowest BCUT2D eigenvalue weighted by Crippen LogP contribution is -2.19. The Bertz CT molecular complexity index is 443. The van der Waals surface area contributed by atoms with E-state index in [4.69, 9.17) is 0 Å². The Kier molecular flexibility index (Phi) is 4.18. The van der Waals surface area contributed by atoms with Gasteiger partial charge in [-0.05, 0) is 31.5 Å². The van der Waals surface area contributed by atoms with Crippen molar-refractivity contribution in [3.8, 4) is 0 Å². The number of esters is 1. The molecule has 0 spiro atoms. The molecule has 1 aromatic rings. The van der Waals surface area contributed by atoms with Crippen LogP contribution in [0.15, 0.2) is 16.6 Å². The number of Topliss-reactive ketones (excluding diaryl/α,β-unsaturated/α-hetero) is 1. The lowest BCUT2D eigenvalue weighted by molar-refractivity contribution is -0.137. The fourth-order valence-electron chi connectivity index (χ4n) is 1.20. The summed E-state index contributed by atoms with van der Waals surface area (Å²) in [6, 6.07) is 2.79. The molecule has 0 unspecified atom stereocenters. The minimum absolute atomic E-state index is 0.0825. The van der Waals surface area contributed by atoms with Gasteiger partial charge < -0.3 is 4.74 Å². The normalized spacial score (nSPS) is 10.0. The molecule has 0 radical (unpaired) electrons. The first-order valence-corrected chi connectivity index (χ1v) is 5.43. The van der Waals surface area contributed by atoms with E-state index in [1.807, 2.05) is 0 Å². The van der Waals surface area contributed by atoms with Crippen molar-refractivity contribution in [3.05, 3.63) is 33.5 Å². The molecule has 0 N–H and O–H groups in total. The number of ether oxygens (including phenoxy) is 1. The minimum atomic E-state index is -1.04. The van der Waals surface area contributed by atoms with Gasteiger partial charge in [-0.15, -0.1) is 0 Å². The third-order valence-electron chi connectivity index (χ3n) is 1.92. The monoisotopic (exact) mass is 288 g/mol. The van der Waals surface area contributed by atoms with Crippen molar-refractivity contribution in [3.63, 3.8) is 0 Å². The highest BCUT2D eigenvalue weighted by atomic mass is 79.9. The molecule has 0 aliphatic heterocycles. The summed E-state index contributed by atoms with van der Waals surface area (Å²) in [6.45, 7) is 3.18. The van der Waals surface area contributed by atoms with E-state index in [0.29, 0.717) is 10.0 Å². The summed E-state index contributed by atoms with van der Waals surface area (Å²) >= 11 is 3.13. The highest BCUT2D eigenvalue weighted by Crippen LogP contribution is 2.20. The SMILES string of the molecule is CCOC(=O)C(=O)c1cc(Br)cc(C)c1F. The second-order valence-corrected chi connectivity index (χ2v) is 4.05. The van der Waals surface area contributed by atoms with Gasteiger partial charge in [0.2, 0.25) is 0 Å². The van der Waals surface area contributed by atoms with Crippen LogP contribution in [0.2, 0.25) is 0 Å². The number of carbonyl (C=O) groups is 2. The Morgan fingerprint density at radius 2 is 2.06 bits per heavy atom. The van der Waals surface area contributed by atoms with Crippen LogP contribution in [0, 0.1) is 12.7 Å². The number of ketones is 1. The fraction of sp³-hybridized carbons (Fsp3) is 0.273. The maximum Gasteiger partial charge on any atom is 0.379 e. The molecular formula is C11H10BrFO3. The van der Waals surface area contributed by atoms with Crippen LogP contribution in [-0.4, -0.2) is 18.4 Å². The molecule has 0 atom stereocenters. The lowest BCUT2D eigenvalue weighted by atomic mass is 10.1. The average Bonchev–Trinajstić information content (AvgIpc) is 2.22. The maximum atomic E-state index is 13.6. The van der Waals surface area contributed by atoms with Crippen molar-refractivity contribution >= 4 is 27.7 Å². The molecule has 0 fully saturated rings. The topological polar surface area (TPSA) is 43.4 Å². The third kappa shape index (κ3) is 2.66. The average molecular weight is 289 g/mol. The molecule has 1 aromatic carbocycles. The number of benzene rings is 1. The molecule has 0 heterocycles. The van der Waals surface area contributed by atoms with E-state index < -0.39 is 17.6 Å². The number of hydrogen-bond acceptors (Lipinski definition) is 3. The lowest BCUT2D eigenvalue weighted by Gasteiger charge is -2.05. The molecule has 1 rings (SSSR count). The Balaban J connectivity index is 3.13. The van der Waals surface area contributed by atoms with Crippen LogP contribution < -0.4 is 0 Å². The minimum Gasteiger partial charge on any atom is -0.460 e. The number of halogens is 2. The Morgan fingerprint density at radius 3 is 2.62 bits per heavy atom. The van der Waals surface area contributed by atoms with Gasteiger partial charge in [0, 0.05) is 4.47 Å². The summed E-state index contributed by atoms with van der Waals surface area (Å²) in [6.07, 6.45) is 0. The molecule has 0 aliphatic carbocycles. The summed E-state index contributed by atoms with van der Waals surface area (Å²) in [5.74, 6) is -2.70. The third-order valence-corrected chi connectivity index (χ3v) is 2.38. The van der Waals surface area contributed by atoms with E-state index in [0.717, 1.165) is 0 Å². The van der Waals surface area contributed by atoms with Gasteiger partial charge in [-0.3, -0.25) is 4.79 Å². The van der Waals surface area contributed by atoms with E-state index in [1.54, 1.807) is 6.92 Å². The summed E-state index contributed by atoms with van der Waals surface area (Å²) < 4.78 is 18.6. The van der Waals surface area contributed by atoms with Gasteiger partial charge in [0.25, 0.3) is 5.78 Å². The Morgan fingerprint density at radius 1 is 1.44 bits per heavy atom. The molecule has 0 saturated carbocycles. The van der Waals surface area contributed by atoms with Crippen LogP contribution in [0.4, 0.5) is 4.39 Å². The van der Waals surface area contributed by atoms with Crippen molar-refractivity contribution < 1.29 is 18.7 Å². The fourth-order valence-corrected chi connectivity index (χ4v) is 1.77. The second-order valence-electron chi connectivity index (χ2n) is 3.13. The molecule has 0 bridgehead atoms. The Labute approximate surface area is 101 Å². The Hall–Kier alpha value is -1.23. The van der Waals surface area contributed by atoms with E-state index in [9.17, 15) is 14.0 Å². The van der Waals surface area contributed by atoms with Crippen LogP contribution in [0.3, 0.4) is 0 Å². The van der Waals surface area contributed by atoms with E-state index >= 15 is 0 Å². The van der Waals surface area contributed by atoms with Gasteiger partial charge in [-0.2, -0.15) is 0 Å². The van der Waals surface area contributed by atoms with Gasteiger partial charge >= 0.3 is 5.97 Å².